The summed E-state index contributed by atoms with van der Waals surface area (Å²) in [5, 5.41) is 11.6. The van der Waals surface area contributed by atoms with Crippen molar-refractivity contribution in [3.8, 4) is 0 Å². The highest BCUT2D eigenvalue weighted by Crippen LogP contribution is 2.04. The zero-order chi connectivity index (χ0) is 12.7. The molecule has 1 amide bonds. The van der Waals surface area contributed by atoms with Gasteiger partial charge in [-0.25, -0.2) is 0 Å². The molecule has 0 atom stereocenters. The Balaban J connectivity index is 2.34. The third-order valence-electron chi connectivity index (χ3n) is 2.28. The van der Waals surface area contributed by atoms with Crippen molar-refractivity contribution in [1.82, 2.24) is 5.32 Å². The standard InChI is InChI=1S/C12H16N2O3/c13-12(17)10-4-1-3-9(7-10)8-14-6-2-5-11(15)16/h1,3-4,7,14H,2,5-6,8H2,(H2,13,17)(H,15,16). The van der Waals surface area contributed by atoms with Crippen LogP contribution in [0.2, 0.25) is 0 Å². The van der Waals surface area contributed by atoms with E-state index < -0.39 is 11.9 Å². The lowest BCUT2D eigenvalue weighted by Gasteiger charge is -2.05. The highest BCUT2D eigenvalue weighted by molar-refractivity contribution is 5.92. The van der Waals surface area contributed by atoms with Crippen molar-refractivity contribution in [2.24, 2.45) is 5.73 Å². The van der Waals surface area contributed by atoms with Gasteiger partial charge in [0.15, 0.2) is 0 Å². The first kappa shape index (κ1) is 13.2. The normalized spacial score (nSPS) is 10.1. The molecule has 4 N–H and O–H groups in total. The minimum absolute atomic E-state index is 0.161. The van der Waals surface area contributed by atoms with Crippen LogP contribution < -0.4 is 11.1 Å². The van der Waals surface area contributed by atoms with E-state index in [0.29, 0.717) is 25.1 Å². The molecular formula is C12H16N2O3. The van der Waals surface area contributed by atoms with Crippen LogP contribution >= 0.6 is 0 Å². The number of carboxylic acid groups (broad SMARTS) is 1. The molecule has 0 aliphatic rings. The minimum Gasteiger partial charge on any atom is -0.481 e. The number of primary amides is 1. The van der Waals surface area contributed by atoms with E-state index in [4.69, 9.17) is 10.8 Å². The maximum atomic E-state index is 10.9. The molecule has 0 saturated carbocycles. The van der Waals surface area contributed by atoms with Crippen LogP contribution in [0.3, 0.4) is 0 Å². The fraction of sp³-hybridized carbons (Fsp3) is 0.333. The Bertz CT molecular complexity index is 404. The summed E-state index contributed by atoms with van der Waals surface area (Å²) in [4.78, 5) is 21.2. The van der Waals surface area contributed by atoms with Gasteiger partial charge >= 0.3 is 5.97 Å². The van der Waals surface area contributed by atoms with Gasteiger partial charge in [0, 0.05) is 18.5 Å². The van der Waals surface area contributed by atoms with Crippen LogP contribution in [0.1, 0.15) is 28.8 Å². The second-order valence-corrected chi connectivity index (χ2v) is 3.74. The number of hydrogen-bond acceptors (Lipinski definition) is 3. The second kappa shape index (κ2) is 6.65. The van der Waals surface area contributed by atoms with Crippen LogP contribution in [0.5, 0.6) is 0 Å². The number of carbonyl (C=O) groups excluding carboxylic acids is 1. The Morgan fingerprint density at radius 2 is 2.12 bits per heavy atom. The first-order chi connectivity index (χ1) is 8.09. The molecule has 0 spiro atoms. The van der Waals surface area contributed by atoms with E-state index in [-0.39, 0.29) is 6.42 Å². The SMILES string of the molecule is NC(=O)c1cccc(CNCCCC(=O)O)c1. The lowest BCUT2D eigenvalue weighted by Crippen LogP contribution is -2.17. The van der Waals surface area contributed by atoms with Gasteiger partial charge in [-0.2, -0.15) is 0 Å². The average molecular weight is 236 g/mol. The Labute approximate surface area is 99.6 Å². The van der Waals surface area contributed by atoms with Crippen LogP contribution in [0.4, 0.5) is 0 Å². The number of hydrogen-bond donors (Lipinski definition) is 3. The molecule has 1 aromatic rings. The Kier molecular flexibility index (Phi) is 5.16. The Morgan fingerprint density at radius 1 is 1.35 bits per heavy atom. The predicted molar refractivity (Wildman–Crippen MR) is 63.5 cm³/mol. The first-order valence-electron chi connectivity index (χ1n) is 5.41. The van der Waals surface area contributed by atoms with Crippen molar-refractivity contribution >= 4 is 11.9 Å². The topological polar surface area (TPSA) is 92.4 Å². The summed E-state index contributed by atoms with van der Waals surface area (Å²) in [6, 6.07) is 7.05. The van der Waals surface area contributed by atoms with Gasteiger partial charge in [0.2, 0.25) is 5.91 Å². The van der Waals surface area contributed by atoms with Crippen molar-refractivity contribution in [1.29, 1.82) is 0 Å². The number of benzene rings is 1. The fourth-order valence-corrected chi connectivity index (χ4v) is 1.43. The number of nitrogens with one attached hydrogen (secondary N) is 1. The van der Waals surface area contributed by atoms with E-state index in [1.807, 2.05) is 6.07 Å². The molecule has 0 saturated heterocycles. The third kappa shape index (κ3) is 5.12. The molecule has 0 fully saturated rings. The average Bonchev–Trinajstić information content (AvgIpc) is 2.28. The first-order valence-corrected chi connectivity index (χ1v) is 5.41. The van der Waals surface area contributed by atoms with Crippen molar-refractivity contribution in [2.45, 2.75) is 19.4 Å². The molecule has 1 aromatic carbocycles. The molecule has 5 heteroatoms. The van der Waals surface area contributed by atoms with Crippen LogP contribution in [0, 0.1) is 0 Å². The van der Waals surface area contributed by atoms with Crippen LogP contribution in [0.25, 0.3) is 0 Å². The maximum absolute atomic E-state index is 10.9. The number of carbonyl (C=O) groups is 2. The van der Waals surface area contributed by atoms with E-state index in [0.717, 1.165) is 5.56 Å². The van der Waals surface area contributed by atoms with Gasteiger partial charge in [0.1, 0.15) is 0 Å². The van der Waals surface area contributed by atoms with Gasteiger partial charge in [-0.3, -0.25) is 9.59 Å². The van der Waals surface area contributed by atoms with Gasteiger partial charge in [0.25, 0.3) is 0 Å². The van der Waals surface area contributed by atoms with Crippen LogP contribution in [0.15, 0.2) is 24.3 Å². The largest absolute Gasteiger partial charge is 0.481 e. The molecule has 1 rings (SSSR count). The van der Waals surface area contributed by atoms with Gasteiger partial charge < -0.3 is 16.2 Å². The van der Waals surface area contributed by atoms with Crippen molar-refractivity contribution in [3.63, 3.8) is 0 Å². The van der Waals surface area contributed by atoms with E-state index in [1.165, 1.54) is 0 Å². The van der Waals surface area contributed by atoms with Crippen molar-refractivity contribution < 1.29 is 14.7 Å². The summed E-state index contributed by atoms with van der Waals surface area (Å²) in [5.74, 6) is -1.24. The van der Waals surface area contributed by atoms with Crippen LogP contribution in [-0.4, -0.2) is 23.5 Å². The Morgan fingerprint density at radius 3 is 2.76 bits per heavy atom. The highest BCUT2D eigenvalue weighted by atomic mass is 16.4. The lowest BCUT2D eigenvalue weighted by atomic mass is 10.1. The molecule has 5 nitrogen and oxygen atoms in total. The monoisotopic (exact) mass is 236 g/mol. The number of nitrogens with two attached hydrogens (primary N) is 1. The zero-order valence-corrected chi connectivity index (χ0v) is 9.48. The zero-order valence-electron chi connectivity index (χ0n) is 9.48. The molecular weight excluding hydrogens is 220 g/mol. The lowest BCUT2D eigenvalue weighted by molar-refractivity contribution is -0.137. The molecule has 0 unspecified atom stereocenters. The summed E-state index contributed by atoms with van der Waals surface area (Å²) < 4.78 is 0. The quantitative estimate of drug-likeness (QED) is 0.609. The molecule has 0 aliphatic heterocycles. The molecule has 0 radical (unpaired) electrons. The molecule has 0 aromatic heterocycles. The molecule has 92 valence electrons. The van der Waals surface area contributed by atoms with Gasteiger partial charge in [-0.05, 0) is 30.7 Å². The summed E-state index contributed by atoms with van der Waals surface area (Å²) in [5.41, 5.74) is 6.60. The number of amides is 1. The molecule has 17 heavy (non-hydrogen) atoms. The van der Waals surface area contributed by atoms with E-state index >= 15 is 0 Å². The van der Waals surface area contributed by atoms with Gasteiger partial charge in [-0.1, -0.05) is 12.1 Å². The van der Waals surface area contributed by atoms with E-state index in [1.54, 1.807) is 18.2 Å². The van der Waals surface area contributed by atoms with Crippen LogP contribution in [-0.2, 0) is 11.3 Å². The van der Waals surface area contributed by atoms with Gasteiger partial charge in [-0.15, -0.1) is 0 Å². The summed E-state index contributed by atoms with van der Waals surface area (Å²) in [6.07, 6.45) is 0.749. The summed E-state index contributed by atoms with van der Waals surface area (Å²) in [6.45, 7) is 1.23. The summed E-state index contributed by atoms with van der Waals surface area (Å²) >= 11 is 0. The number of rotatable bonds is 7. The van der Waals surface area contributed by atoms with Crippen molar-refractivity contribution in [3.05, 3.63) is 35.4 Å². The molecule has 0 aliphatic carbocycles. The third-order valence-corrected chi connectivity index (χ3v) is 2.28. The fourth-order valence-electron chi connectivity index (χ4n) is 1.43. The smallest absolute Gasteiger partial charge is 0.303 e. The van der Waals surface area contributed by atoms with E-state index in [9.17, 15) is 9.59 Å². The minimum atomic E-state index is -0.789. The molecule has 0 bridgehead atoms. The summed E-state index contributed by atoms with van der Waals surface area (Å²) in [7, 11) is 0. The van der Waals surface area contributed by atoms with E-state index in [2.05, 4.69) is 5.32 Å². The highest BCUT2D eigenvalue weighted by Gasteiger charge is 2.01. The maximum Gasteiger partial charge on any atom is 0.303 e. The Hall–Kier alpha value is -1.88. The molecule has 0 heterocycles. The number of aliphatic carboxylic acids is 1. The number of carboxylic acids is 1. The van der Waals surface area contributed by atoms with Gasteiger partial charge in [0.05, 0.1) is 0 Å². The second-order valence-electron chi connectivity index (χ2n) is 3.74. The predicted octanol–water partition coefficient (Wildman–Crippen LogP) is 0.740. The van der Waals surface area contributed by atoms with Crippen molar-refractivity contribution in [2.75, 3.05) is 6.54 Å².